The van der Waals surface area contributed by atoms with Crippen LogP contribution in [0, 0.1) is 5.82 Å². The average molecular weight is 371 g/mol. The fraction of sp³-hybridized carbons (Fsp3) is 0. The van der Waals surface area contributed by atoms with Crippen LogP contribution in [-0.2, 0) is 4.79 Å². The number of nitrogen functional groups attached to an aromatic ring is 1. The summed E-state index contributed by atoms with van der Waals surface area (Å²) in [5, 5.41) is 3.29. The number of pyridine rings is 1. The molecule has 124 valence electrons. The molecule has 0 spiro atoms. The van der Waals surface area contributed by atoms with Gasteiger partial charge in [-0.25, -0.2) is 4.39 Å². The topological polar surface area (TPSA) is 81.1 Å². The largest absolute Gasteiger partial charge is 0.456 e. The van der Waals surface area contributed by atoms with Gasteiger partial charge in [-0.3, -0.25) is 9.78 Å². The number of thiocarbonyl (C=S) groups is 1. The number of nitrogens with two attached hydrogens (primary N) is 1. The van der Waals surface area contributed by atoms with Gasteiger partial charge in [0, 0.05) is 29.4 Å². The lowest BCUT2D eigenvalue weighted by molar-refractivity contribution is -0.115. The number of furan rings is 1. The molecule has 5 nitrogen and oxygen atoms in total. The van der Waals surface area contributed by atoms with E-state index in [1.54, 1.807) is 30.6 Å². The number of nitrogens with zero attached hydrogens (tertiary/aromatic N) is 1. The molecule has 1 aliphatic heterocycles. The van der Waals surface area contributed by atoms with Crippen LogP contribution < -0.4 is 11.1 Å². The van der Waals surface area contributed by atoms with Crippen LogP contribution in [0.15, 0.2) is 46.0 Å². The van der Waals surface area contributed by atoms with Gasteiger partial charge in [-0.15, -0.1) is 0 Å². The highest BCUT2D eigenvalue weighted by Crippen LogP contribution is 2.33. The van der Waals surface area contributed by atoms with Crippen molar-refractivity contribution in [2.45, 2.75) is 0 Å². The smallest absolute Gasteiger partial charge is 0.263 e. The second-order valence-corrected chi connectivity index (χ2v) is 7.06. The Kier molecular flexibility index (Phi) is 3.78. The maximum atomic E-state index is 13.8. The Bertz CT molecular complexity index is 1070. The van der Waals surface area contributed by atoms with Crippen molar-refractivity contribution in [2.75, 3.05) is 5.73 Å². The highest BCUT2D eigenvalue weighted by Gasteiger charge is 2.23. The minimum Gasteiger partial charge on any atom is -0.456 e. The highest BCUT2D eigenvalue weighted by atomic mass is 32.2. The summed E-state index contributed by atoms with van der Waals surface area (Å²) >= 11 is 6.14. The van der Waals surface area contributed by atoms with Gasteiger partial charge in [-0.1, -0.05) is 30.0 Å². The number of carbonyl (C=O) groups excluding carboxylic acids is 1. The van der Waals surface area contributed by atoms with E-state index in [0.29, 0.717) is 31.7 Å². The van der Waals surface area contributed by atoms with Gasteiger partial charge in [0.25, 0.3) is 5.91 Å². The van der Waals surface area contributed by atoms with Crippen LogP contribution in [0.5, 0.6) is 0 Å². The second kappa shape index (κ2) is 5.98. The van der Waals surface area contributed by atoms with E-state index in [4.69, 9.17) is 22.4 Å². The molecule has 1 aromatic carbocycles. The SMILES string of the molecule is Nc1ccc(-c2cncc3cc(/C=C4/SC(=S)NC4=O)oc23)cc1F. The lowest BCUT2D eigenvalue weighted by atomic mass is 10.1. The molecular formula is C17H10FN3O2S2. The normalized spacial score (nSPS) is 16.0. The Morgan fingerprint density at radius 2 is 2.16 bits per heavy atom. The van der Waals surface area contributed by atoms with Crippen LogP contribution in [0.4, 0.5) is 10.1 Å². The third-order valence-electron chi connectivity index (χ3n) is 3.67. The molecule has 3 N–H and O–H groups in total. The van der Waals surface area contributed by atoms with E-state index in [-0.39, 0.29) is 11.6 Å². The summed E-state index contributed by atoms with van der Waals surface area (Å²) in [6.07, 6.45) is 4.86. The number of amides is 1. The summed E-state index contributed by atoms with van der Waals surface area (Å²) in [5.74, 6) is -0.270. The van der Waals surface area contributed by atoms with Crippen molar-refractivity contribution < 1.29 is 13.6 Å². The van der Waals surface area contributed by atoms with Crippen molar-refractivity contribution >= 4 is 56.9 Å². The van der Waals surface area contributed by atoms with E-state index >= 15 is 0 Å². The number of fused-ring (bicyclic) bond motifs is 1. The maximum Gasteiger partial charge on any atom is 0.263 e. The Hall–Kier alpha value is -2.71. The van der Waals surface area contributed by atoms with Crippen LogP contribution in [0.3, 0.4) is 0 Å². The van der Waals surface area contributed by atoms with Crippen LogP contribution in [0.25, 0.3) is 28.2 Å². The van der Waals surface area contributed by atoms with Gasteiger partial charge in [-0.05, 0) is 23.8 Å². The highest BCUT2D eigenvalue weighted by molar-refractivity contribution is 8.26. The van der Waals surface area contributed by atoms with Gasteiger partial charge in [0.15, 0.2) is 0 Å². The number of benzene rings is 1. The van der Waals surface area contributed by atoms with E-state index in [1.165, 1.54) is 23.9 Å². The van der Waals surface area contributed by atoms with Crippen LogP contribution >= 0.6 is 24.0 Å². The summed E-state index contributed by atoms with van der Waals surface area (Å²) in [4.78, 5) is 16.4. The fourth-order valence-electron chi connectivity index (χ4n) is 2.50. The summed E-state index contributed by atoms with van der Waals surface area (Å²) in [7, 11) is 0. The molecule has 4 rings (SSSR count). The molecule has 25 heavy (non-hydrogen) atoms. The van der Waals surface area contributed by atoms with Gasteiger partial charge < -0.3 is 15.5 Å². The fourth-order valence-corrected chi connectivity index (χ4v) is 3.53. The summed E-state index contributed by atoms with van der Waals surface area (Å²) < 4.78 is 20.0. The van der Waals surface area contributed by atoms with Crippen molar-refractivity contribution in [3.63, 3.8) is 0 Å². The number of hydrogen-bond acceptors (Lipinski definition) is 6. The molecule has 3 aromatic rings. The first-order chi connectivity index (χ1) is 12.0. The Morgan fingerprint density at radius 1 is 1.32 bits per heavy atom. The van der Waals surface area contributed by atoms with Crippen molar-refractivity contribution in [2.24, 2.45) is 0 Å². The van der Waals surface area contributed by atoms with Crippen LogP contribution in [0.2, 0.25) is 0 Å². The quantitative estimate of drug-likeness (QED) is 0.406. The van der Waals surface area contributed by atoms with E-state index < -0.39 is 5.82 Å². The van der Waals surface area contributed by atoms with Gasteiger partial charge >= 0.3 is 0 Å². The number of thioether (sulfide) groups is 1. The maximum absolute atomic E-state index is 13.8. The van der Waals surface area contributed by atoms with E-state index in [0.717, 1.165) is 5.39 Å². The zero-order valence-corrected chi connectivity index (χ0v) is 14.2. The Balaban J connectivity index is 1.81. The van der Waals surface area contributed by atoms with Crippen molar-refractivity contribution in [1.29, 1.82) is 0 Å². The Morgan fingerprint density at radius 3 is 2.88 bits per heavy atom. The van der Waals surface area contributed by atoms with E-state index in [2.05, 4.69) is 10.3 Å². The second-order valence-electron chi connectivity index (χ2n) is 5.34. The minimum atomic E-state index is -0.504. The predicted octanol–water partition coefficient (Wildman–Crippen LogP) is 3.70. The predicted molar refractivity (Wildman–Crippen MR) is 100 cm³/mol. The molecular weight excluding hydrogens is 361 g/mol. The van der Waals surface area contributed by atoms with Gasteiger partial charge in [-0.2, -0.15) is 0 Å². The lowest BCUT2D eigenvalue weighted by Crippen LogP contribution is -2.17. The zero-order chi connectivity index (χ0) is 17.6. The summed E-state index contributed by atoms with van der Waals surface area (Å²) in [6, 6.07) is 6.30. The summed E-state index contributed by atoms with van der Waals surface area (Å²) in [6.45, 7) is 0. The lowest BCUT2D eigenvalue weighted by Gasteiger charge is -2.03. The average Bonchev–Trinajstić information content (AvgIpc) is 3.12. The summed E-state index contributed by atoms with van der Waals surface area (Å²) in [5.41, 5.74) is 7.40. The molecule has 1 saturated heterocycles. The first-order valence-corrected chi connectivity index (χ1v) is 8.41. The number of aromatic nitrogens is 1. The molecule has 0 radical (unpaired) electrons. The number of carbonyl (C=O) groups is 1. The molecule has 0 unspecified atom stereocenters. The van der Waals surface area contributed by atoms with Crippen molar-refractivity contribution in [1.82, 2.24) is 10.3 Å². The standard InChI is InChI=1S/C17H10FN3O2S2/c18-12-4-8(1-2-13(12)19)11-7-20-6-9-3-10(23-15(9)11)5-14-16(22)21-17(24)25-14/h1-7H,19H2,(H,21,22,24)/b14-5+. The molecule has 3 heterocycles. The molecule has 0 bridgehead atoms. The van der Waals surface area contributed by atoms with E-state index in [9.17, 15) is 9.18 Å². The first kappa shape index (κ1) is 15.8. The first-order valence-electron chi connectivity index (χ1n) is 7.19. The van der Waals surface area contributed by atoms with Crippen LogP contribution in [-0.4, -0.2) is 15.2 Å². The molecule has 0 atom stereocenters. The van der Waals surface area contributed by atoms with Gasteiger partial charge in [0.2, 0.25) is 0 Å². The molecule has 1 aliphatic rings. The molecule has 8 heteroatoms. The minimum absolute atomic E-state index is 0.0778. The third kappa shape index (κ3) is 2.90. The molecule has 1 fully saturated rings. The number of rotatable bonds is 2. The van der Waals surface area contributed by atoms with Crippen molar-refractivity contribution in [3.05, 3.63) is 53.1 Å². The molecule has 0 saturated carbocycles. The third-order valence-corrected chi connectivity index (χ3v) is 4.83. The number of nitrogens with one attached hydrogen (secondary N) is 1. The van der Waals surface area contributed by atoms with Crippen molar-refractivity contribution in [3.8, 4) is 11.1 Å². The van der Waals surface area contributed by atoms with E-state index in [1.807, 2.05) is 0 Å². The van der Waals surface area contributed by atoms with Gasteiger partial charge in [0.05, 0.1) is 10.6 Å². The van der Waals surface area contributed by atoms with Crippen LogP contribution in [0.1, 0.15) is 5.76 Å². The van der Waals surface area contributed by atoms with Gasteiger partial charge in [0.1, 0.15) is 21.5 Å². The molecule has 1 amide bonds. The monoisotopic (exact) mass is 371 g/mol. The Labute approximate surface area is 151 Å². The number of hydrogen-bond donors (Lipinski definition) is 2. The molecule has 0 aliphatic carbocycles. The molecule has 2 aromatic heterocycles. The number of anilines is 1. The number of halogens is 1. The zero-order valence-electron chi connectivity index (χ0n) is 12.6.